The van der Waals surface area contributed by atoms with Crippen LogP contribution < -0.4 is 5.32 Å². The second-order valence-corrected chi connectivity index (χ2v) is 9.50. The second kappa shape index (κ2) is 9.76. The summed E-state index contributed by atoms with van der Waals surface area (Å²) >= 11 is 26.4. The van der Waals surface area contributed by atoms with Crippen molar-refractivity contribution in [3.05, 3.63) is 69.2 Å². The van der Waals surface area contributed by atoms with Gasteiger partial charge in [0.2, 0.25) is 5.91 Å². The van der Waals surface area contributed by atoms with E-state index >= 15 is 0 Å². The summed E-state index contributed by atoms with van der Waals surface area (Å²) in [6.07, 6.45) is 0.672. The van der Waals surface area contributed by atoms with E-state index in [0.29, 0.717) is 28.8 Å². The molecule has 0 aliphatic heterocycles. The normalized spacial score (nSPS) is 18.6. The van der Waals surface area contributed by atoms with Crippen LogP contribution in [0.3, 0.4) is 0 Å². The van der Waals surface area contributed by atoms with Crippen molar-refractivity contribution in [3.63, 3.8) is 0 Å². The summed E-state index contributed by atoms with van der Waals surface area (Å²) in [7, 11) is 0. The van der Waals surface area contributed by atoms with Crippen LogP contribution in [0, 0.1) is 5.92 Å². The number of benzene rings is 2. The maximum atomic E-state index is 12.7. The minimum absolute atomic E-state index is 0.00104. The van der Waals surface area contributed by atoms with Crippen molar-refractivity contribution in [2.45, 2.75) is 22.9 Å². The van der Waals surface area contributed by atoms with Crippen LogP contribution in [-0.4, -0.2) is 23.0 Å². The van der Waals surface area contributed by atoms with Gasteiger partial charge in [0.25, 0.3) is 0 Å². The van der Waals surface area contributed by atoms with Gasteiger partial charge in [0.1, 0.15) is 4.84 Å². The third-order valence-corrected chi connectivity index (χ3v) is 6.99. The average molecular weight is 463 g/mol. The fourth-order valence-corrected chi connectivity index (χ4v) is 5.63. The van der Waals surface area contributed by atoms with Gasteiger partial charge in [-0.05, 0) is 35.2 Å². The van der Waals surface area contributed by atoms with E-state index in [1.165, 1.54) is 0 Å². The molecule has 0 fully saturated rings. The molecule has 2 aromatic carbocycles. The first kappa shape index (κ1) is 21.1. The lowest BCUT2D eigenvalue weighted by atomic mass is 9.93. The molecule has 2 nitrogen and oxygen atoms in total. The number of halogens is 4. The summed E-state index contributed by atoms with van der Waals surface area (Å²) in [5.41, 5.74) is 3.16. The van der Waals surface area contributed by atoms with Crippen LogP contribution in [0.15, 0.2) is 42.5 Å². The van der Waals surface area contributed by atoms with Crippen LogP contribution in [0.25, 0.3) is 0 Å². The molecular weight excluding hydrogens is 444 g/mol. The van der Waals surface area contributed by atoms with E-state index in [4.69, 9.17) is 46.4 Å². The van der Waals surface area contributed by atoms with Gasteiger partial charge in [0, 0.05) is 34.0 Å². The van der Waals surface area contributed by atoms with Crippen molar-refractivity contribution in [2.24, 2.45) is 5.92 Å². The second-order valence-electron chi connectivity index (χ2n) is 6.41. The largest absolute Gasteiger partial charge is 0.355 e. The van der Waals surface area contributed by atoms with Crippen molar-refractivity contribution in [1.82, 2.24) is 5.32 Å². The summed E-state index contributed by atoms with van der Waals surface area (Å²) in [6, 6.07) is 13.5. The van der Waals surface area contributed by atoms with E-state index in [1.54, 1.807) is 11.8 Å². The first-order valence-corrected chi connectivity index (χ1v) is 11.4. The van der Waals surface area contributed by atoms with Gasteiger partial charge >= 0.3 is 0 Å². The average Bonchev–Trinajstić information content (AvgIpc) is 3.03. The summed E-state index contributed by atoms with van der Waals surface area (Å²) in [4.78, 5) is 12.1. The van der Waals surface area contributed by atoms with E-state index in [0.717, 1.165) is 22.4 Å². The zero-order valence-electron chi connectivity index (χ0n) is 14.4. The zero-order chi connectivity index (χ0) is 19.4. The van der Waals surface area contributed by atoms with Crippen LogP contribution in [-0.2, 0) is 17.0 Å². The fourth-order valence-electron chi connectivity index (χ4n) is 3.41. The summed E-state index contributed by atoms with van der Waals surface area (Å²) in [5, 5.41) is 4.35. The Balaban J connectivity index is 1.50. The number of thioether (sulfide) groups is 1. The molecule has 7 heteroatoms. The Bertz CT molecular complexity index is 794. The Morgan fingerprint density at radius 3 is 2.52 bits per heavy atom. The molecule has 3 rings (SSSR count). The first-order valence-electron chi connectivity index (χ1n) is 8.63. The molecule has 27 heavy (non-hydrogen) atoms. The molecule has 2 aromatic rings. The van der Waals surface area contributed by atoms with Crippen LogP contribution in [0.2, 0.25) is 10.0 Å². The highest BCUT2D eigenvalue weighted by Gasteiger charge is 2.40. The minimum atomic E-state index is -0.610. The molecule has 144 valence electrons. The number of hydrogen-bond donors (Lipinski definition) is 1. The van der Waals surface area contributed by atoms with Crippen LogP contribution in [0.4, 0.5) is 0 Å². The van der Waals surface area contributed by atoms with Gasteiger partial charge in [-0.15, -0.1) is 23.2 Å². The first-order chi connectivity index (χ1) is 13.0. The van der Waals surface area contributed by atoms with Gasteiger partial charge in [0.05, 0.1) is 5.92 Å². The number of carbonyl (C=O) groups is 1. The zero-order valence-corrected chi connectivity index (χ0v) is 18.3. The number of nitrogens with one attached hydrogen (secondary N) is 1. The van der Waals surface area contributed by atoms with E-state index in [2.05, 4.69) is 5.32 Å². The number of rotatable bonds is 7. The summed E-state index contributed by atoms with van der Waals surface area (Å²) in [5.74, 6) is 1.07. The fraction of sp³-hybridized carbons (Fsp3) is 0.350. The highest BCUT2D eigenvalue weighted by molar-refractivity contribution is 7.98. The molecule has 0 saturated heterocycles. The van der Waals surface area contributed by atoms with E-state index < -0.39 is 4.84 Å². The SMILES string of the molecule is O=C(NCCSCc1c(Cl)cccc1Cl)[C@@H]1Cc2ccccc2[C@H]1C(Cl)Cl. The van der Waals surface area contributed by atoms with Gasteiger partial charge in [-0.25, -0.2) is 0 Å². The molecule has 1 N–H and O–H groups in total. The Hall–Kier alpha value is -0.580. The lowest BCUT2D eigenvalue weighted by Gasteiger charge is -2.21. The molecule has 0 radical (unpaired) electrons. The predicted octanol–water partition coefficient (Wildman–Crippen LogP) is 6.10. The third-order valence-electron chi connectivity index (χ3n) is 4.75. The maximum absolute atomic E-state index is 12.7. The van der Waals surface area contributed by atoms with Crippen molar-refractivity contribution < 1.29 is 4.79 Å². The van der Waals surface area contributed by atoms with Crippen molar-refractivity contribution in [3.8, 4) is 0 Å². The Kier molecular flexibility index (Phi) is 7.64. The highest BCUT2D eigenvalue weighted by Crippen LogP contribution is 2.43. The van der Waals surface area contributed by atoms with Gasteiger partial charge in [-0.1, -0.05) is 53.5 Å². The Morgan fingerprint density at radius 2 is 1.81 bits per heavy atom. The van der Waals surface area contributed by atoms with E-state index in [-0.39, 0.29) is 17.7 Å². The standard InChI is InChI=1S/C20H19Cl4NOS/c21-16-6-3-7-17(22)15(16)11-27-9-8-25-20(26)14-10-12-4-1-2-5-13(12)18(14)19(23)24/h1-7,14,18-19H,8-11H2,(H,25,26)/t14-,18-/m1/s1. The van der Waals surface area contributed by atoms with Gasteiger partial charge in [0.15, 0.2) is 0 Å². The van der Waals surface area contributed by atoms with E-state index in [9.17, 15) is 4.79 Å². The Morgan fingerprint density at radius 1 is 1.11 bits per heavy atom. The van der Waals surface area contributed by atoms with Crippen LogP contribution in [0.1, 0.15) is 22.6 Å². The topological polar surface area (TPSA) is 29.1 Å². The lowest BCUT2D eigenvalue weighted by molar-refractivity contribution is -0.125. The molecule has 1 aliphatic rings. The van der Waals surface area contributed by atoms with Crippen molar-refractivity contribution >= 4 is 64.1 Å². The van der Waals surface area contributed by atoms with Gasteiger partial charge in [-0.3, -0.25) is 4.79 Å². The number of hydrogen-bond acceptors (Lipinski definition) is 2. The molecule has 2 atom stereocenters. The monoisotopic (exact) mass is 461 g/mol. The molecule has 1 aliphatic carbocycles. The minimum Gasteiger partial charge on any atom is -0.355 e. The maximum Gasteiger partial charge on any atom is 0.224 e. The molecular formula is C20H19Cl4NOS. The molecule has 0 aromatic heterocycles. The smallest absolute Gasteiger partial charge is 0.224 e. The molecule has 0 bridgehead atoms. The number of amides is 1. The van der Waals surface area contributed by atoms with Crippen LogP contribution >= 0.6 is 58.2 Å². The van der Waals surface area contributed by atoms with Crippen molar-refractivity contribution in [2.75, 3.05) is 12.3 Å². The molecule has 1 amide bonds. The predicted molar refractivity (Wildman–Crippen MR) is 118 cm³/mol. The number of carbonyl (C=O) groups excluding carboxylic acids is 1. The van der Waals surface area contributed by atoms with Gasteiger partial charge < -0.3 is 5.32 Å². The number of alkyl halides is 2. The van der Waals surface area contributed by atoms with Gasteiger partial charge in [-0.2, -0.15) is 11.8 Å². The third kappa shape index (κ3) is 5.07. The summed E-state index contributed by atoms with van der Waals surface area (Å²) in [6.45, 7) is 0.570. The van der Waals surface area contributed by atoms with Crippen molar-refractivity contribution in [1.29, 1.82) is 0 Å². The molecule has 0 unspecified atom stereocenters. The highest BCUT2D eigenvalue weighted by atomic mass is 35.5. The van der Waals surface area contributed by atoms with Crippen LogP contribution in [0.5, 0.6) is 0 Å². The molecule has 0 saturated carbocycles. The summed E-state index contributed by atoms with van der Waals surface area (Å²) < 4.78 is 0. The quantitative estimate of drug-likeness (QED) is 0.397. The molecule has 0 spiro atoms. The number of fused-ring (bicyclic) bond motifs is 1. The van der Waals surface area contributed by atoms with E-state index in [1.807, 2.05) is 42.5 Å². The Labute approximate surface area is 183 Å². The lowest BCUT2D eigenvalue weighted by Crippen LogP contribution is -2.35. The molecule has 0 heterocycles.